The van der Waals surface area contributed by atoms with E-state index in [2.05, 4.69) is 20.3 Å². The predicted octanol–water partition coefficient (Wildman–Crippen LogP) is 2.33. The third-order valence-corrected chi connectivity index (χ3v) is 5.28. The number of nitrogens with zero attached hydrogens (tertiary/aromatic N) is 4. The van der Waals surface area contributed by atoms with E-state index in [1.165, 1.54) is 19.4 Å². The molecule has 178 valence electrons. The number of nitrogen functional groups attached to an aromatic ring is 1. The van der Waals surface area contributed by atoms with E-state index in [0.29, 0.717) is 24.2 Å². The number of aromatic nitrogens is 4. The minimum atomic E-state index is -0.712. The molecule has 9 nitrogen and oxygen atoms in total. The van der Waals surface area contributed by atoms with E-state index in [0.717, 1.165) is 11.3 Å². The van der Waals surface area contributed by atoms with Gasteiger partial charge in [0.05, 0.1) is 43.5 Å². The summed E-state index contributed by atoms with van der Waals surface area (Å²) in [6.45, 7) is 0.248. The highest BCUT2D eigenvalue weighted by Gasteiger charge is 2.15. The maximum atomic E-state index is 14.4. The van der Waals surface area contributed by atoms with Gasteiger partial charge in [0.15, 0.2) is 11.6 Å². The third kappa shape index (κ3) is 5.67. The second kappa shape index (κ2) is 10.6. The SMILES string of the molecule is COc1c(N)cnc(CNC(=O)c2ccnc(Cc3ccc(Cn4ccccc4=O)nc3)c2)c1F. The molecule has 0 saturated carbocycles. The number of nitrogens with two attached hydrogens (primary N) is 1. The molecule has 0 unspecified atom stereocenters. The highest BCUT2D eigenvalue weighted by Crippen LogP contribution is 2.25. The molecule has 4 heterocycles. The van der Waals surface area contributed by atoms with Gasteiger partial charge in [0.25, 0.3) is 11.5 Å². The summed E-state index contributed by atoms with van der Waals surface area (Å²) in [6, 6.07) is 12.0. The van der Waals surface area contributed by atoms with E-state index in [-0.39, 0.29) is 29.2 Å². The minimum absolute atomic E-state index is 0.0163. The zero-order valence-corrected chi connectivity index (χ0v) is 18.9. The Morgan fingerprint density at radius 2 is 1.97 bits per heavy atom. The first-order valence-corrected chi connectivity index (χ1v) is 10.7. The molecular weight excluding hydrogens is 451 g/mol. The molecule has 0 aliphatic heterocycles. The van der Waals surface area contributed by atoms with E-state index in [1.54, 1.807) is 47.4 Å². The molecule has 4 aromatic heterocycles. The summed E-state index contributed by atoms with van der Waals surface area (Å²) >= 11 is 0. The summed E-state index contributed by atoms with van der Waals surface area (Å²) in [5.41, 5.74) is 8.35. The molecule has 0 aliphatic carbocycles. The molecule has 10 heteroatoms. The van der Waals surface area contributed by atoms with Crippen molar-refractivity contribution < 1.29 is 13.9 Å². The van der Waals surface area contributed by atoms with Crippen molar-refractivity contribution in [1.29, 1.82) is 0 Å². The molecule has 0 aromatic carbocycles. The van der Waals surface area contributed by atoms with Crippen molar-refractivity contribution in [3.8, 4) is 5.75 Å². The molecule has 0 aliphatic rings. The van der Waals surface area contributed by atoms with Gasteiger partial charge in [0, 0.05) is 42.3 Å². The van der Waals surface area contributed by atoms with Crippen LogP contribution in [0.2, 0.25) is 0 Å². The van der Waals surface area contributed by atoms with Crippen LogP contribution >= 0.6 is 0 Å². The van der Waals surface area contributed by atoms with Crippen molar-refractivity contribution in [2.45, 2.75) is 19.5 Å². The summed E-state index contributed by atoms with van der Waals surface area (Å²) in [6.07, 6.45) is 6.72. The molecule has 0 saturated heterocycles. The van der Waals surface area contributed by atoms with E-state index < -0.39 is 11.7 Å². The second-order valence-electron chi connectivity index (χ2n) is 7.73. The lowest BCUT2D eigenvalue weighted by Gasteiger charge is -2.10. The molecule has 4 rings (SSSR count). The first-order chi connectivity index (χ1) is 16.9. The van der Waals surface area contributed by atoms with E-state index in [1.807, 2.05) is 12.1 Å². The number of methoxy groups -OCH3 is 1. The van der Waals surface area contributed by atoms with Crippen molar-refractivity contribution >= 4 is 11.6 Å². The van der Waals surface area contributed by atoms with E-state index >= 15 is 0 Å². The van der Waals surface area contributed by atoms with Crippen LogP contribution in [-0.2, 0) is 19.5 Å². The number of pyridine rings is 4. The van der Waals surface area contributed by atoms with Crippen LogP contribution < -0.4 is 21.3 Å². The third-order valence-electron chi connectivity index (χ3n) is 5.28. The average Bonchev–Trinajstić information content (AvgIpc) is 2.86. The van der Waals surface area contributed by atoms with Crippen molar-refractivity contribution in [3.05, 3.63) is 112 Å². The van der Waals surface area contributed by atoms with Crippen LogP contribution in [0.1, 0.15) is 33.0 Å². The highest BCUT2D eigenvalue weighted by atomic mass is 19.1. The van der Waals surface area contributed by atoms with Crippen molar-refractivity contribution in [2.75, 3.05) is 12.8 Å². The lowest BCUT2D eigenvalue weighted by Crippen LogP contribution is -2.24. The molecular formula is C25H23FN6O3. The monoisotopic (exact) mass is 474 g/mol. The molecule has 1 amide bonds. The summed E-state index contributed by atoms with van der Waals surface area (Å²) in [5, 5.41) is 2.65. The molecule has 0 radical (unpaired) electrons. The molecule has 0 bridgehead atoms. The summed E-state index contributed by atoms with van der Waals surface area (Å²) in [5.74, 6) is -1.21. The van der Waals surface area contributed by atoms with Crippen LogP contribution in [-0.4, -0.2) is 32.5 Å². The zero-order chi connectivity index (χ0) is 24.8. The summed E-state index contributed by atoms with van der Waals surface area (Å²) in [4.78, 5) is 37.2. The number of carbonyl (C=O) groups is 1. The van der Waals surface area contributed by atoms with Gasteiger partial charge >= 0.3 is 0 Å². The van der Waals surface area contributed by atoms with Crippen molar-refractivity contribution in [1.82, 2.24) is 24.8 Å². The first-order valence-electron chi connectivity index (χ1n) is 10.7. The van der Waals surface area contributed by atoms with Gasteiger partial charge in [-0.3, -0.25) is 24.5 Å². The molecule has 4 aromatic rings. The Morgan fingerprint density at radius 1 is 1.11 bits per heavy atom. The molecule has 35 heavy (non-hydrogen) atoms. The largest absolute Gasteiger partial charge is 0.491 e. The maximum absolute atomic E-state index is 14.4. The van der Waals surface area contributed by atoms with Crippen molar-refractivity contribution in [3.63, 3.8) is 0 Å². The van der Waals surface area contributed by atoms with Crippen LogP contribution in [0.15, 0.2) is 72.0 Å². The fourth-order valence-corrected chi connectivity index (χ4v) is 3.46. The Morgan fingerprint density at radius 3 is 2.71 bits per heavy atom. The summed E-state index contributed by atoms with van der Waals surface area (Å²) < 4.78 is 20.9. The number of ether oxygens (including phenoxy) is 1. The second-order valence-corrected chi connectivity index (χ2v) is 7.73. The Hall–Kier alpha value is -4.60. The van der Waals surface area contributed by atoms with Crippen LogP contribution in [0.5, 0.6) is 5.75 Å². The van der Waals surface area contributed by atoms with E-state index in [9.17, 15) is 14.0 Å². The molecule has 0 fully saturated rings. The number of carbonyl (C=O) groups excluding carboxylic acids is 1. The van der Waals surface area contributed by atoms with Gasteiger partial charge in [0.1, 0.15) is 0 Å². The van der Waals surface area contributed by atoms with Crippen LogP contribution in [0.4, 0.5) is 10.1 Å². The van der Waals surface area contributed by atoms with Crippen molar-refractivity contribution in [2.24, 2.45) is 0 Å². The topological polar surface area (TPSA) is 125 Å². The number of hydrogen-bond acceptors (Lipinski definition) is 7. The Balaban J connectivity index is 1.39. The number of nitrogens with one attached hydrogen (secondary N) is 1. The normalized spacial score (nSPS) is 10.7. The first kappa shape index (κ1) is 23.6. The van der Waals surface area contributed by atoms with Gasteiger partial charge in [-0.25, -0.2) is 4.39 Å². The Labute approximate surface area is 200 Å². The van der Waals surface area contributed by atoms with Gasteiger partial charge in [-0.15, -0.1) is 0 Å². The Bertz CT molecular complexity index is 1410. The smallest absolute Gasteiger partial charge is 0.251 e. The highest BCUT2D eigenvalue weighted by molar-refractivity contribution is 5.94. The van der Waals surface area contributed by atoms with Crippen LogP contribution in [0.25, 0.3) is 0 Å². The molecule has 0 atom stereocenters. The number of halogens is 1. The van der Waals surface area contributed by atoms with E-state index in [4.69, 9.17) is 10.5 Å². The van der Waals surface area contributed by atoms with Gasteiger partial charge in [-0.05, 0) is 29.8 Å². The average molecular weight is 474 g/mol. The maximum Gasteiger partial charge on any atom is 0.251 e. The number of rotatable bonds is 8. The lowest BCUT2D eigenvalue weighted by molar-refractivity contribution is 0.0949. The summed E-state index contributed by atoms with van der Waals surface area (Å²) in [7, 11) is 1.31. The van der Waals surface area contributed by atoms with Crippen LogP contribution in [0.3, 0.4) is 0 Å². The molecule has 3 N–H and O–H groups in total. The van der Waals surface area contributed by atoms with Gasteiger partial charge in [-0.1, -0.05) is 12.1 Å². The lowest BCUT2D eigenvalue weighted by atomic mass is 10.1. The fraction of sp³-hybridized carbons (Fsp3) is 0.160. The number of hydrogen-bond donors (Lipinski definition) is 2. The number of anilines is 1. The van der Waals surface area contributed by atoms with Gasteiger partial charge in [-0.2, -0.15) is 0 Å². The minimum Gasteiger partial charge on any atom is -0.491 e. The standard InChI is InChI=1S/C25H23FN6O3/c1-35-24-20(27)13-30-21(23(24)26)14-31-25(34)17-7-8-28-19(11-17)10-16-5-6-18(29-12-16)15-32-9-3-2-4-22(32)33/h2-9,11-13H,10,14-15,27H2,1H3,(H,31,34). The molecule has 0 spiro atoms. The van der Waals surface area contributed by atoms with Gasteiger partial charge in [0.2, 0.25) is 0 Å². The van der Waals surface area contributed by atoms with Gasteiger partial charge < -0.3 is 20.4 Å². The quantitative estimate of drug-likeness (QED) is 0.402. The van der Waals surface area contributed by atoms with Crippen LogP contribution in [0, 0.1) is 5.82 Å². The zero-order valence-electron chi connectivity index (χ0n) is 18.9. The fourth-order valence-electron chi connectivity index (χ4n) is 3.46. The number of amides is 1. The Kier molecular flexibility index (Phi) is 7.10. The predicted molar refractivity (Wildman–Crippen MR) is 127 cm³/mol.